The maximum absolute atomic E-state index is 11.1. The molecule has 0 saturated heterocycles. The van der Waals surface area contributed by atoms with Gasteiger partial charge in [0.05, 0.1) is 25.4 Å². The minimum Gasteiger partial charge on any atom is -0.389 e. The van der Waals surface area contributed by atoms with E-state index in [1.54, 1.807) is 13.4 Å². The molecule has 0 amide bonds. The molecule has 6 heteroatoms. The van der Waals surface area contributed by atoms with Crippen LogP contribution >= 0.6 is 0 Å². The second-order valence-corrected chi connectivity index (χ2v) is 6.36. The molecule has 0 aromatic carbocycles. The van der Waals surface area contributed by atoms with Gasteiger partial charge in [0, 0.05) is 36.0 Å². The molecular formula is C12H27NO4S. The van der Waals surface area contributed by atoms with Crippen LogP contribution in [0.5, 0.6) is 0 Å². The third kappa shape index (κ3) is 9.96. The van der Waals surface area contributed by atoms with Crippen LogP contribution in [0, 0.1) is 0 Å². The molecule has 0 bridgehead atoms. The van der Waals surface area contributed by atoms with Gasteiger partial charge in [0.15, 0.2) is 0 Å². The van der Waals surface area contributed by atoms with Gasteiger partial charge in [-0.2, -0.15) is 0 Å². The first kappa shape index (κ1) is 18.0. The lowest BCUT2D eigenvalue weighted by Crippen LogP contribution is -2.33. The Morgan fingerprint density at radius 3 is 2.56 bits per heavy atom. The van der Waals surface area contributed by atoms with E-state index in [1.807, 2.05) is 13.8 Å². The normalized spacial score (nSPS) is 18.3. The molecule has 5 nitrogen and oxygen atoms in total. The summed E-state index contributed by atoms with van der Waals surface area (Å²) in [5, 5.41) is 13.0. The topological polar surface area (TPSA) is 67.8 Å². The fourth-order valence-corrected chi connectivity index (χ4v) is 1.81. The van der Waals surface area contributed by atoms with Gasteiger partial charge >= 0.3 is 0 Å². The first-order valence-corrected chi connectivity index (χ1v) is 7.91. The van der Waals surface area contributed by atoms with Crippen LogP contribution in [-0.4, -0.2) is 66.4 Å². The number of ether oxygens (including phenoxy) is 2. The third-order valence-corrected chi connectivity index (χ3v) is 4.02. The van der Waals surface area contributed by atoms with Crippen LogP contribution in [0.15, 0.2) is 0 Å². The highest BCUT2D eigenvalue weighted by atomic mass is 32.2. The molecule has 0 aromatic heterocycles. The molecule has 0 saturated carbocycles. The second kappa shape index (κ2) is 10.9. The van der Waals surface area contributed by atoms with Crippen molar-refractivity contribution in [3.8, 4) is 0 Å². The van der Waals surface area contributed by atoms with Gasteiger partial charge < -0.3 is 19.9 Å². The second-order valence-electron chi connectivity index (χ2n) is 4.56. The molecule has 4 unspecified atom stereocenters. The van der Waals surface area contributed by atoms with Gasteiger partial charge in [-0.25, -0.2) is 0 Å². The Hall–Kier alpha value is -0.0100. The van der Waals surface area contributed by atoms with Crippen LogP contribution in [0.2, 0.25) is 0 Å². The molecule has 0 fully saturated rings. The van der Waals surface area contributed by atoms with Crippen LogP contribution in [0.1, 0.15) is 20.3 Å². The van der Waals surface area contributed by atoms with E-state index >= 15 is 0 Å². The van der Waals surface area contributed by atoms with Crippen molar-refractivity contribution in [3.05, 3.63) is 0 Å². The Morgan fingerprint density at radius 2 is 2.00 bits per heavy atom. The van der Waals surface area contributed by atoms with Crippen molar-refractivity contribution in [2.45, 2.75) is 37.7 Å². The number of methoxy groups -OCH3 is 1. The summed E-state index contributed by atoms with van der Waals surface area (Å²) in [6.45, 7) is 5.94. The van der Waals surface area contributed by atoms with Crippen molar-refractivity contribution in [2.24, 2.45) is 0 Å². The van der Waals surface area contributed by atoms with E-state index in [2.05, 4.69) is 5.32 Å². The van der Waals surface area contributed by atoms with E-state index < -0.39 is 16.9 Å². The van der Waals surface area contributed by atoms with E-state index in [9.17, 15) is 9.32 Å². The van der Waals surface area contributed by atoms with Gasteiger partial charge in [-0.1, -0.05) is 6.92 Å². The molecule has 18 heavy (non-hydrogen) atoms. The van der Waals surface area contributed by atoms with Gasteiger partial charge in [0.2, 0.25) is 0 Å². The monoisotopic (exact) mass is 281 g/mol. The molecular weight excluding hydrogens is 254 g/mol. The minimum atomic E-state index is -0.778. The molecule has 110 valence electrons. The highest BCUT2D eigenvalue weighted by Gasteiger charge is 2.09. The number of nitrogens with one attached hydrogen (secondary N) is 1. The van der Waals surface area contributed by atoms with Crippen molar-refractivity contribution >= 4 is 10.8 Å². The smallest absolute Gasteiger partial charge is 0.0897 e. The zero-order chi connectivity index (χ0) is 14.0. The van der Waals surface area contributed by atoms with Gasteiger partial charge in [0.1, 0.15) is 0 Å². The summed E-state index contributed by atoms with van der Waals surface area (Å²) < 4.78 is 21.4. The maximum Gasteiger partial charge on any atom is 0.0897 e. The van der Waals surface area contributed by atoms with Crippen molar-refractivity contribution < 1.29 is 18.8 Å². The number of aliphatic hydroxyl groups excluding tert-OH is 1. The lowest BCUT2D eigenvalue weighted by molar-refractivity contribution is -0.0310. The molecule has 0 spiro atoms. The predicted molar refractivity (Wildman–Crippen MR) is 74.3 cm³/mol. The van der Waals surface area contributed by atoms with E-state index in [-0.39, 0.29) is 11.4 Å². The van der Waals surface area contributed by atoms with Crippen LogP contribution in [0.3, 0.4) is 0 Å². The van der Waals surface area contributed by atoms with E-state index in [1.165, 1.54) is 0 Å². The molecule has 0 heterocycles. The Bertz CT molecular complexity index is 228. The summed E-state index contributed by atoms with van der Waals surface area (Å²) in [5.41, 5.74) is 0. The molecule has 0 rings (SSSR count). The first-order valence-electron chi connectivity index (χ1n) is 6.28. The fraction of sp³-hybridized carbons (Fsp3) is 1.00. The highest BCUT2D eigenvalue weighted by molar-refractivity contribution is 7.84. The van der Waals surface area contributed by atoms with Crippen LogP contribution in [-0.2, 0) is 20.3 Å². The van der Waals surface area contributed by atoms with Crippen molar-refractivity contribution in [1.29, 1.82) is 0 Å². The Morgan fingerprint density at radius 1 is 1.33 bits per heavy atom. The standard InChI is InChI=1S/C12H27NO4S/c1-10(8-16-3)17-9-12(14)7-13-6-5-11(2)18(4)15/h10-14H,5-9H2,1-4H3. The van der Waals surface area contributed by atoms with Crippen LogP contribution in [0.25, 0.3) is 0 Å². The summed E-state index contributed by atoms with van der Waals surface area (Å²) in [7, 11) is 0.844. The van der Waals surface area contributed by atoms with Crippen LogP contribution in [0.4, 0.5) is 0 Å². The first-order chi connectivity index (χ1) is 8.47. The van der Waals surface area contributed by atoms with E-state index in [4.69, 9.17) is 9.47 Å². The number of hydrogen-bond donors (Lipinski definition) is 2. The summed E-state index contributed by atoms with van der Waals surface area (Å²) >= 11 is 0. The van der Waals surface area contributed by atoms with Gasteiger partial charge in [-0.3, -0.25) is 4.21 Å². The molecule has 0 radical (unpaired) electrons. The highest BCUT2D eigenvalue weighted by Crippen LogP contribution is 1.97. The molecule has 0 aliphatic carbocycles. The fourth-order valence-electron chi connectivity index (χ4n) is 1.36. The summed E-state index contributed by atoms with van der Waals surface area (Å²) in [4.78, 5) is 0. The van der Waals surface area contributed by atoms with E-state index in [0.29, 0.717) is 19.8 Å². The number of rotatable bonds is 11. The van der Waals surface area contributed by atoms with Gasteiger partial charge in [-0.05, 0) is 19.9 Å². The maximum atomic E-state index is 11.1. The summed E-state index contributed by atoms with van der Waals surface area (Å²) in [6.07, 6.45) is 2.03. The minimum absolute atomic E-state index is 0.00724. The molecule has 0 aromatic rings. The zero-order valence-electron chi connectivity index (χ0n) is 11.8. The predicted octanol–water partition coefficient (Wildman–Crippen LogP) is 0.146. The van der Waals surface area contributed by atoms with Gasteiger partial charge in [-0.15, -0.1) is 0 Å². The molecule has 0 aliphatic heterocycles. The average molecular weight is 281 g/mol. The Balaban J connectivity index is 3.47. The summed E-state index contributed by atoms with van der Waals surface area (Å²) in [5.74, 6) is 0. The van der Waals surface area contributed by atoms with Crippen molar-refractivity contribution in [2.75, 3.05) is 39.7 Å². The SMILES string of the molecule is COCC(C)OCC(O)CNCCC(C)S(C)=O. The number of hydrogen-bond acceptors (Lipinski definition) is 5. The summed E-state index contributed by atoms with van der Waals surface area (Å²) in [6, 6.07) is 0. The molecule has 2 N–H and O–H groups in total. The molecule has 0 aliphatic rings. The van der Waals surface area contributed by atoms with Crippen molar-refractivity contribution in [1.82, 2.24) is 5.32 Å². The quantitative estimate of drug-likeness (QED) is 0.528. The lowest BCUT2D eigenvalue weighted by atomic mass is 10.3. The average Bonchev–Trinajstić information content (AvgIpc) is 2.32. The van der Waals surface area contributed by atoms with Gasteiger partial charge in [0.25, 0.3) is 0 Å². The number of aliphatic hydroxyl groups is 1. The molecule has 4 atom stereocenters. The van der Waals surface area contributed by atoms with Crippen LogP contribution < -0.4 is 5.32 Å². The zero-order valence-corrected chi connectivity index (χ0v) is 12.7. The van der Waals surface area contributed by atoms with Crippen molar-refractivity contribution in [3.63, 3.8) is 0 Å². The largest absolute Gasteiger partial charge is 0.389 e. The lowest BCUT2D eigenvalue weighted by Gasteiger charge is -2.16. The third-order valence-electron chi connectivity index (χ3n) is 2.65. The van der Waals surface area contributed by atoms with E-state index in [0.717, 1.165) is 13.0 Å². The Kier molecular flexibility index (Phi) is 10.9. The Labute approximate surface area is 113 Å².